The second kappa shape index (κ2) is 11.6. The van der Waals surface area contributed by atoms with Crippen LogP contribution in [0, 0.1) is 0 Å². The highest BCUT2D eigenvalue weighted by Gasteiger charge is 2.35. The summed E-state index contributed by atoms with van der Waals surface area (Å²) in [5.74, 6) is 0.0103. The number of nitrogens with zero attached hydrogens (tertiary/aromatic N) is 3. The van der Waals surface area contributed by atoms with E-state index in [0.717, 1.165) is 25.7 Å². The third kappa shape index (κ3) is 5.77. The van der Waals surface area contributed by atoms with Gasteiger partial charge in [-0.15, -0.1) is 0 Å². The van der Waals surface area contributed by atoms with Crippen LogP contribution in [0.25, 0.3) is 11.4 Å². The van der Waals surface area contributed by atoms with E-state index in [0.29, 0.717) is 41.3 Å². The van der Waals surface area contributed by atoms with Crippen LogP contribution in [-0.2, 0) is 11.2 Å². The molecule has 3 aromatic rings. The predicted molar refractivity (Wildman–Crippen MR) is 141 cm³/mol. The normalized spacial score (nSPS) is 12.4. The molecule has 0 saturated carbocycles. The Bertz CT molecular complexity index is 1310. The van der Waals surface area contributed by atoms with E-state index in [4.69, 9.17) is 10.5 Å². The number of carbonyl (C=O) groups excluding carboxylic acids is 3. The maximum atomic E-state index is 13.1. The maximum absolute atomic E-state index is 13.1. The topological polar surface area (TPSA) is 128 Å². The smallest absolute Gasteiger partial charge is 0.267 e. The van der Waals surface area contributed by atoms with Gasteiger partial charge in [-0.3, -0.25) is 19.3 Å². The minimum atomic E-state index is -0.739. The highest BCUT2D eigenvalue weighted by molar-refractivity contribution is 6.10. The van der Waals surface area contributed by atoms with E-state index in [1.165, 1.54) is 4.90 Å². The second-order valence-corrected chi connectivity index (χ2v) is 8.79. The second-order valence-electron chi connectivity index (χ2n) is 8.79. The van der Waals surface area contributed by atoms with Crippen LogP contribution < -0.4 is 20.7 Å². The number of amides is 3. The summed E-state index contributed by atoms with van der Waals surface area (Å²) in [5.41, 5.74) is 7.57. The Balaban J connectivity index is 1.66. The molecule has 192 valence electrons. The van der Waals surface area contributed by atoms with Crippen LogP contribution >= 0.6 is 0 Å². The molecule has 0 aliphatic carbocycles. The van der Waals surface area contributed by atoms with E-state index in [1.807, 2.05) is 6.92 Å². The number of nitrogens with one attached hydrogen (secondary N) is 1. The van der Waals surface area contributed by atoms with Gasteiger partial charge in [0.15, 0.2) is 5.82 Å². The molecule has 9 nitrogen and oxygen atoms in total. The molecule has 2 aromatic carbocycles. The van der Waals surface area contributed by atoms with E-state index >= 15 is 0 Å². The first kappa shape index (κ1) is 25.8. The number of carbonyl (C=O) groups is 3. The minimum Gasteiger partial charge on any atom is -0.494 e. The van der Waals surface area contributed by atoms with E-state index in [-0.39, 0.29) is 35.6 Å². The third-order valence-corrected chi connectivity index (χ3v) is 6.11. The molecule has 1 aromatic heterocycles. The highest BCUT2D eigenvalue weighted by atomic mass is 16.5. The third-order valence-electron chi connectivity index (χ3n) is 6.11. The van der Waals surface area contributed by atoms with Gasteiger partial charge in [0.25, 0.3) is 11.8 Å². The van der Waals surface area contributed by atoms with E-state index < -0.39 is 5.91 Å². The molecule has 3 N–H and O–H groups in total. The lowest BCUT2D eigenvalue weighted by Gasteiger charge is -2.18. The van der Waals surface area contributed by atoms with Gasteiger partial charge in [0, 0.05) is 23.2 Å². The van der Waals surface area contributed by atoms with E-state index in [2.05, 4.69) is 22.2 Å². The molecule has 1 aliphatic rings. The largest absolute Gasteiger partial charge is 0.494 e. The molecule has 0 spiro atoms. The average Bonchev–Trinajstić information content (AvgIpc) is 3.24. The molecule has 2 heterocycles. The van der Waals surface area contributed by atoms with Crippen LogP contribution in [-0.4, -0.2) is 40.8 Å². The van der Waals surface area contributed by atoms with Crippen molar-refractivity contribution in [3.8, 4) is 17.1 Å². The fourth-order valence-corrected chi connectivity index (χ4v) is 4.28. The Morgan fingerprint density at radius 3 is 2.54 bits per heavy atom. The first-order valence-electron chi connectivity index (χ1n) is 12.6. The molecule has 0 radical (unpaired) electrons. The van der Waals surface area contributed by atoms with Crippen molar-refractivity contribution in [2.45, 2.75) is 46.0 Å². The molecular formula is C28H31N5O4. The number of hydrogen-bond acceptors (Lipinski definition) is 6. The Labute approximate surface area is 216 Å². The zero-order chi connectivity index (χ0) is 26.4. The van der Waals surface area contributed by atoms with Crippen molar-refractivity contribution in [1.29, 1.82) is 0 Å². The number of rotatable bonds is 11. The SMILES string of the molecule is CCCCCCNC(=O)c1cccc(N2C(=O)Cc3c(C(N)=O)nc(-c4ccc(OCC)cc4)nc32)c1. The number of unbranched alkanes of at least 4 members (excludes halogenated alkanes) is 3. The number of nitrogens with two attached hydrogens (primary N) is 1. The van der Waals surface area contributed by atoms with Crippen molar-refractivity contribution < 1.29 is 19.1 Å². The zero-order valence-corrected chi connectivity index (χ0v) is 21.1. The highest BCUT2D eigenvalue weighted by Crippen LogP contribution is 2.37. The number of fused-ring (bicyclic) bond motifs is 1. The van der Waals surface area contributed by atoms with Crippen LogP contribution in [0.15, 0.2) is 48.5 Å². The number of aromatic nitrogens is 2. The Kier molecular flexibility index (Phi) is 8.12. The van der Waals surface area contributed by atoms with Gasteiger partial charge < -0.3 is 15.8 Å². The van der Waals surface area contributed by atoms with Crippen LogP contribution in [0.1, 0.15) is 65.9 Å². The molecular weight excluding hydrogens is 470 g/mol. The maximum Gasteiger partial charge on any atom is 0.267 e. The number of primary amides is 1. The first-order valence-corrected chi connectivity index (χ1v) is 12.6. The molecule has 37 heavy (non-hydrogen) atoms. The molecule has 3 amide bonds. The van der Waals surface area contributed by atoms with Crippen LogP contribution in [0.5, 0.6) is 5.75 Å². The molecule has 4 rings (SSSR count). The molecule has 9 heteroatoms. The molecule has 1 aliphatic heterocycles. The zero-order valence-electron chi connectivity index (χ0n) is 21.1. The van der Waals surface area contributed by atoms with Gasteiger partial charge in [0.2, 0.25) is 5.91 Å². The van der Waals surface area contributed by atoms with E-state index in [9.17, 15) is 14.4 Å². The van der Waals surface area contributed by atoms with Crippen molar-refractivity contribution in [1.82, 2.24) is 15.3 Å². The summed E-state index contributed by atoms with van der Waals surface area (Å²) in [5, 5.41) is 2.93. The fraction of sp³-hybridized carbons (Fsp3) is 0.321. The Morgan fingerprint density at radius 2 is 1.84 bits per heavy atom. The van der Waals surface area contributed by atoms with Crippen molar-refractivity contribution in [3.05, 3.63) is 65.4 Å². The van der Waals surface area contributed by atoms with Crippen molar-refractivity contribution >= 4 is 29.2 Å². The predicted octanol–water partition coefficient (Wildman–Crippen LogP) is 4.17. The van der Waals surface area contributed by atoms with Gasteiger partial charge in [-0.1, -0.05) is 32.3 Å². The lowest BCUT2D eigenvalue weighted by Crippen LogP contribution is -2.25. The average molecular weight is 502 g/mol. The van der Waals surface area contributed by atoms with Crippen molar-refractivity contribution in [2.24, 2.45) is 5.73 Å². The van der Waals surface area contributed by atoms with Gasteiger partial charge in [-0.25, -0.2) is 9.97 Å². The van der Waals surface area contributed by atoms with E-state index in [1.54, 1.807) is 48.5 Å². The standard InChI is InChI=1S/C28H31N5O4/c1-3-5-6-7-15-30-28(36)19-9-8-10-20(16-19)33-23(34)17-22-24(25(29)35)31-26(32-27(22)33)18-11-13-21(14-12-18)37-4-2/h8-14,16H,3-7,15,17H2,1-2H3,(H2,29,35)(H,30,36). The van der Waals surface area contributed by atoms with Crippen molar-refractivity contribution in [3.63, 3.8) is 0 Å². The number of hydrogen-bond donors (Lipinski definition) is 2. The van der Waals surface area contributed by atoms with Gasteiger partial charge in [0.05, 0.1) is 18.7 Å². The number of anilines is 2. The summed E-state index contributed by atoms with van der Waals surface area (Å²) in [6, 6.07) is 13.9. The van der Waals surface area contributed by atoms with Gasteiger partial charge in [0.1, 0.15) is 17.3 Å². The molecule has 0 bridgehead atoms. The summed E-state index contributed by atoms with van der Waals surface area (Å²) in [4.78, 5) is 48.5. The van der Waals surface area contributed by atoms with Gasteiger partial charge >= 0.3 is 0 Å². The lowest BCUT2D eigenvalue weighted by molar-refractivity contribution is -0.116. The molecule has 0 fully saturated rings. The minimum absolute atomic E-state index is 0.00529. The summed E-state index contributed by atoms with van der Waals surface area (Å²) < 4.78 is 5.49. The Hall–Kier alpha value is -4.27. The molecule has 0 saturated heterocycles. The molecule has 0 atom stereocenters. The van der Waals surface area contributed by atoms with Crippen LogP contribution in [0.3, 0.4) is 0 Å². The fourth-order valence-electron chi connectivity index (χ4n) is 4.28. The Morgan fingerprint density at radius 1 is 1.05 bits per heavy atom. The summed E-state index contributed by atoms with van der Waals surface area (Å²) in [7, 11) is 0. The summed E-state index contributed by atoms with van der Waals surface area (Å²) in [6.45, 7) is 5.16. The monoisotopic (exact) mass is 501 g/mol. The summed E-state index contributed by atoms with van der Waals surface area (Å²) in [6.07, 6.45) is 4.18. The van der Waals surface area contributed by atoms with Crippen molar-refractivity contribution in [2.75, 3.05) is 18.1 Å². The van der Waals surface area contributed by atoms with Crippen LogP contribution in [0.2, 0.25) is 0 Å². The number of benzene rings is 2. The summed E-state index contributed by atoms with van der Waals surface area (Å²) >= 11 is 0. The molecule has 0 unspecified atom stereocenters. The van der Waals surface area contributed by atoms with Crippen LogP contribution in [0.4, 0.5) is 11.5 Å². The number of ether oxygens (including phenoxy) is 1. The lowest BCUT2D eigenvalue weighted by atomic mass is 10.1. The quantitative estimate of drug-likeness (QED) is 0.380. The van der Waals surface area contributed by atoms with Gasteiger partial charge in [-0.2, -0.15) is 0 Å². The van der Waals surface area contributed by atoms with Gasteiger partial charge in [-0.05, 0) is 55.8 Å². The first-order chi connectivity index (χ1) is 17.9.